The van der Waals surface area contributed by atoms with Crippen molar-refractivity contribution >= 4 is 17.1 Å². The summed E-state index contributed by atoms with van der Waals surface area (Å²) in [6, 6.07) is 2.09. The molecule has 1 heterocycles. The number of Topliss-reactive ketones (excluding diaryl/α,β-unsaturated/α-hetero) is 1. The van der Waals surface area contributed by atoms with Crippen molar-refractivity contribution in [3.05, 3.63) is 21.9 Å². The summed E-state index contributed by atoms with van der Waals surface area (Å²) >= 11 is 1.76. The number of hydrogen-bond acceptors (Lipinski definition) is 3. The zero-order valence-electron chi connectivity index (χ0n) is 13.0. The molecule has 0 radical (unpaired) electrons. The van der Waals surface area contributed by atoms with Crippen LogP contribution in [0.5, 0.6) is 0 Å². The molecule has 0 fully saturated rings. The number of nitrogens with one attached hydrogen (secondary N) is 1. The molecule has 0 spiro atoms. The molecule has 0 aliphatic carbocycles. The van der Waals surface area contributed by atoms with Crippen molar-refractivity contribution in [3.63, 3.8) is 0 Å². The molecule has 1 N–H and O–H groups in total. The summed E-state index contributed by atoms with van der Waals surface area (Å²) in [4.78, 5) is 13.8. The van der Waals surface area contributed by atoms with E-state index in [4.69, 9.17) is 0 Å². The highest BCUT2D eigenvalue weighted by molar-refractivity contribution is 7.10. The highest BCUT2D eigenvalue weighted by Gasteiger charge is 2.29. The maximum atomic E-state index is 12.5. The van der Waals surface area contributed by atoms with E-state index in [2.05, 4.69) is 37.5 Å². The minimum absolute atomic E-state index is 0.0403. The molecular weight excluding hydrogens is 254 g/mol. The van der Waals surface area contributed by atoms with Crippen molar-refractivity contribution in [3.8, 4) is 0 Å². The first-order valence-electron chi connectivity index (χ1n) is 7.02. The Labute approximate surface area is 121 Å². The monoisotopic (exact) mass is 281 g/mol. The van der Waals surface area contributed by atoms with Gasteiger partial charge in [0.25, 0.3) is 0 Å². The Morgan fingerprint density at radius 2 is 2.00 bits per heavy atom. The molecule has 108 valence electrons. The average molecular weight is 281 g/mol. The Kier molecular flexibility index (Phi) is 5.75. The van der Waals surface area contributed by atoms with E-state index >= 15 is 0 Å². The van der Waals surface area contributed by atoms with Gasteiger partial charge in [0.05, 0.1) is 6.04 Å². The summed E-state index contributed by atoms with van der Waals surface area (Å²) in [5, 5.41) is 5.57. The van der Waals surface area contributed by atoms with E-state index in [9.17, 15) is 4.79 Å². The third kappa shape index (κ3) is 5.07. The molecule has 1 atom stereocenters. The maximum Gasteiger partial charge on any atom is 0.155 e. The number of thiophene rings is 1. The van der Waals surface area contributed by atoms with Crippen molar-refractivity contribution in [2.24, 2.45) is 11.3 Å². The summed E-state index contributed by atoms with van der Waals surface area (Å²) in [5.74, 6) is 0.837. The van der Waals surface area contributed by atoms with E-state index in [-0.39, 0.29) is 11.5 Å². The Morgan fingerprint density at radius 1 is 1.37 bits per heavy atom. The number of hydrogen-bond donors (Lipinski definition) is 1. The first kappa shape index (κ1) is 16.4. The molecule has 2 nitrogen and oxygen atoms in total. The number of carbonyl (C=O) groups is 1. The Bertz CT molecular complexity index is 415. The van der Waals surface area contributed by atoms with Gasteiger partial charge < -0.3 is 5.32 Å². The van der Waals surface area contributed by atoms with E-state index in [0.717, 1.165) is 13.0 Å². The lowest BCUT2D eigenvalue weighted by atomic mass is 9.83. The van der Waals surface area contributed by atoms with Crippen LogP contribution in [0.4, 0.5) is 0 Å². The molecule has 0 saturated heterocycles. The molecule has 0 aliphatic heterocycles. The second-order valence-corrected chi connectivity index (χ2v) is 7.70. The van der Waals surface area contributed by atoms with Crippen molar-refractivity contribution < 1.29 is 4.79 Å². The lowest BCUT2D eigenvalue weighted by Gasteiger charge is -2.26. The van der Waals surface area contributed by atoms with Gasteiger partial charge in [0.2, 0.25) is 0 Å². The van der Waals surface area contributed by atoms with Gasteiger partial charge in [0, 0.05) is 16.8 Å². The molecule has 0 aromatic carbocycles. The van der Waals surface area contributed by atoms with Gasteiger partial charge in [-0.2, -0.15) is 0 Å². The first-order valence-corrected chi connectivity index (χ1v) is 7.90. The van der Waals surface area contributed by atoms with Gasteiger partial charge in [0.1, 0.15) is 0 Å². The maximum absolute atomic E-state index is 12.5. The lowest BCUT2D eigenvalue weighted by molar-refractivity contribution is -0.128. The minimum atomic E-state index is -0.281. The summed E-state index contributed by atoms with van der Waals surface area (Å²) in [7, 11) is 0. The van der Waals surface area contributed by atoms with Crippen LogP contribution in [-0.2, 0) is 11.3 Å². The topological polar surface area (TPSA) is 29.1 Å². The van der Waals surface area contributed by atoms with Crippen LogP contribution in [0.15, 0.2) is 11.4 Å². The van der Waals surface area contributed by atoms with Gasteiger partial charge in [-0.05, 0) is 36.3 Å². The summed E-state index contributed by atoms with van der Waals surface area (Å²) < 4.78 is 0. The van der Waals surface area contributed by atoms with Crippen LogP contribution in [0.1, 0.15) is 51.5 Å². The van der Waals surface area contributed by atoms with Crippen molar-refractivity contribution in [1.82, 2.24) is 5.32 Å². The lowest BCUT2D eigenvalue weighted by Crippen LogP contribution is -2.43. The smallest absolute Gasteiger partial charge is 0.155 e. The molecule has 0 unspecified atom stereocenters. The second kappa shape index (κ2) is 6.67. The number of rotatable bonds is 6. The van der Waals surface area contributed by atoms with Crippen LogP contribution in [0.2, 0.25) is 0 Å². The van der Waals surface area contributed by atoms with Crippen molar-refractivity contribution in [2.45, 2.75) is 60.5 Å². The van der Waals surface area contributed by atoms with Gasteiger partial charge in [0.15, 0.2) is 5.78 Å². The Balaban J connectivity index is 2.70. The molecule has 19 heavy (non-hydrogen) atoms. The zero-order chi connectivity index (χ0) is 14.6. The van der Waals surface area contributed by atoms with Crippen LogP contribution >= 0.6 is 11.3 Å². The zero-order valence-corrected chi connectivity index (χ0v) is 13.9. The van der Waals surface area contributed by atoms with E-state index in [1.807, 2.05) is 20.8 Å². The SMILES string of the molecule is Cc1ccsc1CN[C@H](CC(C)C)C(=O)C(C)(C)C. The molecule has 0 aliphatic rings. The highest BCUT2D eigenvalue weighted by Crippen LogP contribution is 2.22. The second-order valence-electron chi connectivity index (χ2n) is 6.70. The van der Waals surface area contributed by atoms with Gasteiger partial charge in [-0.25, -0.2) is 0 Å². The molecule has 0 amide bonds. The quantitative estimate of drug-likeness (QED) is 0.847. The average Bonchev–Trinajstić information content (AvgIpc) is 2.67. The predicted octanol–water partition coefficient (Wildman–Crippen LogP) is 4.18. The highest BCUT2D eigenvalue weighted by atomic mass is 32.1. The van der Waals surface area contributed by atoms with Crippen LogP contribution in [0.25, 0.3) is 0 Å². The fourth-order valence-electron chi connectivity index (χ4n) is 2.08. The van der Waals surface area contributed by atoms with Crippen LogP contribution < -0.4 is 5.32 Å². The fourth-order valence-corrected chi connectivity index (χ4v) is 2.94. The number of ketones is 1. The van der Waals surface area contributed by atoms with E-state index < -0.39 is 0 Å². The fraction of sp³-hybridized carbons (Fsp3) is 0.688. The molecule has 1 aromatic heterocycles. The van der Waals surface area contributed by atoms with E-state index in [1.165, 1.54) is 10.4 Å². The van der Waals surface area contributed by atoms with Crippen LogP contribution in [-0.4, -0.2) is 11.8 Å². The summed E-state index contributed by atoms with van der Waals surface area (Å²) in [6.07, 6.45) is 0.903. The van der Waals surface area contributed by atoms with Gasteiger partial charge in [-0.15, -0.1) is 11.3 Å². The van der Waals surface area contributed by atoms with Gasteiger partial charge >= 0.3 is 0 Å². The molecule has 1 rings (SSSR count). The van der Waals surface area contributed by atoms with E-state index in [0.29, 0.717) is 11.7 Å². The molecule has 1 aromatic rings. The summed E-state index contributed by atoms with van der Waals surface area (Å²) in [6.45, 7) is 13.3. The predicted molar refractivity (Wildman–Crippen MR) is 83.6 cm³/mol. The van der Waals surface area contributed by atoms with Crippen molar-refractivity contribution in [2.75, 3.05) is 0 Å². The number of aryl methyl sites for hydroxylation is 1. The largest absolute Gasteiger partial charge is 0.302 e. The van der Waals surface area contributed by atoms with Crippen molar-refractivity contribution in [1.29, 1.82) is 0 Å². The van der Waals surface area contributed by atoms with Crippen LogP contribution in [0.3, 0.4) is 0 Å². The number of carbonyl (C=O) groups excluding carboxylic acids is 1. The minimum Gasteiger partial charge on any atom is -0.302 e. The normalized spacial score (nSPS) is 13.8. The third-order valence-electron chi connectivity index (χ3n) is 3.24. The van der Waals surface area contributed by atoms with Gasteiger partial charge in [-0.3, -0.25) is 4.79 Å². The molecule has 0 saturated carbocycles. The molecule has 0 bridgehead atoms. The van der Waals surface area contributed by atoms with Crippen LogP contribution in [0, 0.1) is 18.3 Å². The van der Waals surface area contributed by atoms with Gasteiger partial charge in [-0.1, -0.05) is 34.6 Å². The standard InChI is InChI=1S/C16H27NOS/c1-11(2)9-13(15(18)16(4,5)6)17-10-14-12(3)7-8-19-14/h7-8,11,13,17H,9-10H2,1-6H3/t13-/m1/s1. The Morgan fingerprint density at radius 3 is 2.42 bits per heavy atom. The molecular formula is C16H27NOS. The molecule has 3 heteroatoms. The first-order chi connectivity index (χ1) is 8.71. The summed E-state index contributed by atoms with van der Waals surface area (Å²) in [5.41, 5.74) is 1.03. The Hall–Kier alpha value is -0.670. The van der Waals surface area contributed by atoms with E-state index in [1.54, 1.807) is 11.3 Å². The third-order valence-corrected chi connectivity index (χ3v) is 4.26.